The monoisotopic (exact) mass is 309 g/mol. The topological polar surface area (TPSA) is 78.1 Å². The molecule has 8 heteroatoms. The van der Waals surface area contributed by atoms with Gasteiger partial charge in [-0.2, -0.15) is 0 Å². The normalized spacial score (nSPS) is 16.9. The van der Waals surface area contributed by atoms with Crippen LogP contribution < -0.4 is 5.53 Å². The van der Waals surface area contributed by atoms with Crippen LogP contribution in [-0.2, 0) is 7.05 Å². The average Bonchev–Trinajstić information content (AvgIpc) is 3.15. The van der Waals surface area contributed by atoms with Crippen LogP contribution >= 0.6 is 0 Å². The molecule has 0 bridgehead atoms. The van der Waals surface area contributed by atoms with Crippen LogP contribution in [0.3, 0.4) is 0 Å². The highest BCUT2D eigenvalue weighted by Gasteiger charge is 2.36. The molecular formula is C15H15N7O. The van der Waals surface area contributed by atoms with Crippen LogP contribution in [0.2, 0.25) is 0 Å². The van der Waals surface area contributed by atoms with E-state index >= 15 is 0 Å². The number of rotatable bonds is 2. The van der Waals surface area contributed by atoms with E-state index < -0.39 is 0 Å². The Hall–Kier alpha value is -3.16. The fourth-order valence-electron chi connectivity index (χ4n) is 2.62. The van der Waals surface area contributed by atoms with Crippen molar-refractivity contribution in [1.82, 2.24) is 25.0 Å². The van der Waals surface area contributed by atoms with Gasteiger partial charge in [0.05, 0.1) is 5.69 Å². The number of amidine groups is 1. The maximum atomic E-state index is 12.1. The van der Waals surface area contributed by atoms with E-state index in [4.69, 9.17) is 0 Å². The smallest absolute Gasteiger partial charge is 0.332 e. The number of aryl methyl sites for hydroxylation is 1. The number of hydrazine groups is 1. The minimum Gasteiger partial charge on any atom is -0.332 e. The van der Waals surface area contributed by atoms with E-state index in [2.05, 4.69) is 20.6 Å². The van der Waals surface area contributed by atoms with Crippen molar-refractivity contribution in [1.29, 1.82) is 0 Å². The molecule has 1 aromatic carbocycles. The van der Waals surface area contributed by atoms with Crippen LogP contribution in [-0.4, -0.2) is 50.8 Å². The number of urea groups is 1. The Balaban J connectivity index is 1.72. The van der Waals surface area contributed by atoms with Gasteiger partial charge in [-0.1, -0.05) is 30.3 Å². The zero-order valence-corrected chi connectivity index (χ0v) is 12.8. The molecule has 23 heavy (non-hydrogen) atoms. The first kappa shape index (κ1) is 13.5. The number of carbonyl (C=O) groups excluding carboxylic acids is 1. The molecule has 1 N–H and O–H groups in total. The van der Waals surface area contributed by atoms with Gasteiger partial charge in [0.2, 0.25) is 0 Å². The Labute approximate surface area is 132 Å². The number of imidazole rings is 1. The van der Waals surface area contributed by atoms with Gasteiger partial charge in [0.25, 0.3) is 0 Å². The van der Waals surface area contributed by atoms with Crippen molar-refractivity contribution in [2.75, 3.05) is 13.7 Å². The number of aromatic nitrogens is 2. The summed E-state index contributed by atoms with van der Waals surface area (Å²) in [4.78, 5) is 22.7. The second kappa shape index (κ2) is 4.94. The Morgan fingerprint density at radius 1 is 1.17 bits per heavy atom. The van der Waals surface area contributed by atoms with Crippen molar-refractivity contribution >= 4 is 17.6 Å². The number of carbonyl (C=O) groups is 1. The summed E-state index contributed by atoms with van der Waals surface area (Å²) in [5.74, 6) is 1.19. The predicted octanol–water partition coefficient (Wildman–Crippen LogP) is 1.03. The lowest BCUT2D eigenvalue weighted by Gasteiger charge is -2.28. The summed E-state index contributed by atoms with van der Waals surface area (Å²) in [6, 6.07) is 9.74. The molecule has 2 aliphatic heterocycles. The van der Waals surface area contributed by atoms with E-state index in [0.29, 0.717) is 17.4 Å². The van der Waals surface area contributed by atoms with Gasteiger partial charge in [-0.05, 0) is 0 Å². The first-order valence-electron chi connectivity index (χ1n) is 7.17. The van der Waals surface area contributed by atoms with Gasteiger partial charge < -0.3 is 4.57 Å². The molecule has 3 heterocycles. The van der Waals surface area contributed by atoms with Crippen molar-refractivity contribution in [3.63, 3.8) is 0 Å². The molecule has 0 unspecified atom stereocenters. The van der Waals surface area contributed by atoms with Crippen LogP contribution in [0.1, 0.15) is 5.82 Å². The van der Waals surface area contributed by atoms with Crippen molar-refractivity contribution in [3.05, 3.63) is 42.4 Å². The number of hydrazone groups is 1. The second-order valence-corrected chi connectivity index (χ2v) is 5.38. The number of hydrogen-bond acceptors (Lipinski definition) is 5. The Kier molecular flexibility index (Phi) is 2.90. The van der Waals surface area contributed by atoms with E-state index in [1.54, 1.807) is 7.05 Å². The Morgan fingerprint density at radius 3 is 2.74 bits per heavy atom. The van der Waals surface area contributed by atoms with Crippen LogP contribution in [0.15, 0.2) is 46.6 Å². The lowest BCUT2D eigenvalue weighted by atomic mass is 10.2. The summed E-state index contributed by atoms with van der Waals surface area (Å²) in [5, 5.41) is 5.53. The maximum Gasteiger partial charge on any atom is 0.346 e. The maximum absolute atomic E-state index is 12.1. The van der Waals surface area contributed by atoms with Crippen LogP contribution in [0.4, 0.5) is 4.79 Å². The average molecular weight is 309 g/mol. The van der Waals surface area contributed by atoms with Gasteiger partial charge >= 0.3 is 6.03 Å². The quantitative estimate of drug-likeness (QED) is 0.900. The molecule has 0 atom stereocenters. The first-order valence-corrected chi connectivity index (χ1v) is 7.17. The molecule has 2 amide bonds. The molecule has 0 aliphatic carbocycles. The molecular weight excluding hydrogens is 294 g/mol. The molecule has 0 spiro atoms. The number of amides is 2. The molecule has 2 aliphatic rings. The third-order valence-corrected chi connectivity index (χ3v) is 3.82. The number of nitrogens with one attached hydrogen (secondary N) is 1. The molecule has 0 saturated heterocycles. The third kappa shape index (κ3) is 2.07. The minimum absolute atomic E-state index is 0.189. The summed E-state index contributed by atoms with van der Waals surface area (Å²) in [7, 11) is 3.53. The molecule has 1 aromatic heterocycles. The SMILES string of the molecule is CN1NN=C2C(c3nc(-c4ccccc4)cn3C)=NCN2C1=O. The molecule has 8 nitrogen and oxygen atoms in total. The van der Waals surface area contributed by atoms with Crippen molar-refractivity contribution < 1.29 is 4.79 Å². The number of benzene rings is 1. The fourth-order valence-corrected chi connectivity index (χ4v) is 2.62. The summed E-state index contributed by atoms with van der Waals surface area (Å²) in [6.07, 6.45) is 1.95. The van der Waals surface area contributed by atoms with E-state index in [-0.39, 0.29) is 12.7 Å². The number of fused-ring (bicyclic) bond motifs is 1. The van der Waals surface area contributed by atoms with E-state index in [0.717, 1.165) is 11.3 Å². The van der Waals surface area contributed by atoms with Gasteiger partial charge in [0.15, 0.2) is 11.7 Å². The zero-order valence-electron chi connectivity index (χ0n) is 12.8. The van der Waals surface area contributed by atoms with E-state index in [9.17, 15) is 4.79 Å². The van der Waals surface area contributed by atoms with Gasteiger partial charge in [0.1, 0.15) is 12.4 Å². The molecule has 0 fully saturated rings. The Morgan fingerprint density at radius 2 is 1.96 bits per heavy atom. The lowest BCUT2D eigenvalue weighted by Crippen LogP contribution is -2.53. The minimum atomic E-state index is -0.189. The predicted molar refractivity (Wildman–Crippen MR) is 85.6 cm³/mol. The molecule has 0 saturated carbocycles. The Bertz CT molecular complexity index is 837. The molecule has 4 rings (SSSR count). The van der Waals surface area contributed by atoms with Gasteiger partial charge in [-0.3, -0.25) is 9.89 Å². The van der Waals surface area contributed by atoms with Crippen LogP contribution in [0, 0.1) is 0 Å². The third-order valence-electron chi connectivity index (χ3n) is 3.82. The largest absolute Gasteiger partial charge is 0.346 e. The van der Waals surface area contributed by atoms with E-state index in [1.165, 1.54) is 9.91 Å². The zero-order chi connectivity index (χ0) is 16.0. The summed E-state index contributed by atoms with van der Waals surface area (Å²) >= 11 is 0. The van der Waals surface area contributed by atoms with Gasteiger partial charge in [0, 0.05) is 25.9 Å². The number of hydrogen-bond donors (Lipinski definition) is 1. The van der Waals surface area contributed by atoms with E-state index in [1.807, 2.05) is 48.1 Å². The van der Waals surface area contributed by atoms with Gasteiger partial charge in [-0.25, -0.2) is 20.3 Å². The first-order chi connectivity index (χ1) is 11.1. The summed E-state index contributed by atoms with van der Waals surface area (Å²) in [5.41, 5.74) is 5.18. The van der Waals surface area contributed by atoms with Crippen molar-refractivity contribution in [2.45, 2.75) is 0 Å². The van der Waals surface area contributed by atoms with Crippen molar-refractivity contribution in [2.24, 2.45) is 17.1 Å². The summed E-state index contributed by atoms with van der Waals surface area (Å²) in [6.45, 7) is 0.256. The highest BCUT2D eigenvalue weighted by atomic mass is 16.2. The van der Waals surface area contributed by atoms with Crippen molar-refractivity contribution in [3.8, 4) is 11.3 Å². The number of aliphatic imine (C=N–C) groups is 1. The molecule has 0 radical (unpaired) electrons. The molecule has 116 valence electrons. The van der Waals surface area contributed by atoms with Crippen LogP contribution in [0.5, 0.6) is 0 Å². The summed E-state index contributed by atoms with van der Waals surface area (Å²) < 4.78 is 1.90. The highest BCUT2D eigenvalue weighted by molar-refractivity contribution is 6.49. The molecule has 2 aromatic rings. The highest BCUT2D eigenvalue weighted by Crippen LogP contribution is 2.21. The lowest BCUT2D eigenvalue weighted by molar-refractivity contribution is 0.159. The standard InChI is InChI=1S/C15H15N7O/c1-20-8-11(10-6-4-3-5-7-10)17-13(20)12-14-18-19-21(2)15(23)22(14)9-16-12/h3-8,19H,9H2,1-2H3. The van der Waals surface area contributed by atoms with Crippen LogP contribution in [0.25, 0.3) is 11.3 Å². The second-order valence-electron chi connectivity index (χ2n) is 5.38. The number of nitrogens with zero attached hydrogens (tertiary/aromatic N) is 6. The van der Waals surface area contributed by atoms with Gasteiger partial charge in [-0.15, -0.1) is 5.10 Å². The fraction of sp³-hybridized carbons (Fsp3) is 0.200.